The van der Waals surface area contributed by atoms with Gasteiger partial charge in [-0.25, -0.2) is 4.39 Å². The van der Waals surface area contributed by atoms with Crippen LogP contribution in [-0.4, -0.2) is 47.3 Å². The minimum absolute atomic E-state index is 0.0722. The molecule has 0 aliphatic carbocycles. The van der Waals surface area contributed by atoms with Crippen molar-refractivity contribution in [2.45, 2.75) is 32.0 Å². The second kappa shape index (κ2) is 9.70. The van der Waals surface area contributed by atoms with Crippen LogP contribution in [0.1, 0.15) is 35.6 Å². The number of rotatable bonds is 5. The second-order valence-corrected chi connectivity index (χ2v) is 9.66. The Bertz CT molecular complexity index is 1230. The van der Waals surface area contributed by atoms with E-state index in [1.165, 1.54) is 17.7 Å². The van der Waals surface area contributed by atoms with Crippen LogP contribution in [0.3, 0.4) is 0 Å². The molecule has 3 atom stereocenters. The third kappa shape index (κ3) is 4.89. The van der Waals surface area contributed by atoms with Crippen LogP contribution in [-0.2, 0) is 4.79 Å². The monoisotopic (exact) mass is 490 g/mol. The molecular weight excluding hydrogens is 463 g/mol. The average molecular weight is 491 g/mol. The molecule has 2 heterocycles. The van der Waals surface area contributed by atoms with Gasteiger partial charge in [0.05, 0.1) is 12.5 Å². The average Bonchev–Trinajstić information content (AvgIpc) is 3.23. The van der Waals surface area contributed by atoms with Gasteiger partial charge in [-0.1, -0.05) is 53.6 Å². The highest BCUT2D eigenvalue weighted by Gasteiger charge is 2.41. The Morgan fingerprint density at radius 3 is 2.40 bits per heavy atom. The SMILES string of the molecule is Cc1ccc(NC2C(c3ccc(F)cc3)N=C3CN(C(=O)C(C)c4ccc(Cl)cc4)CCN32)cc1. The molecule has 0 radical (unpaired) electrons. The molecule has 0 spiro atoms. The second-order valence-electron chi connectivity index (χ2n) is 9.22. The van der Waals surface area contributed by atoms with E-state index in [-0.39, 0.29) is 29.8 Å². The Morgan fingerprint density at radius 1 is 1.03 bits per heavy atom. The molecule has 0 aromatic heterocycles. The first-order chi connectivity index (χ1) is 16.9. The molecule has 2 aliphatic heterocycles. The van der Waals surface area contributed by atoms with E-state index in [4.69, 9.17) is 16.6 Å². The van der Waals surface area contributed by atoms with Crippen molar-refractivity contribution in [1.82, 2.24) is 9.80 Å². The number of carbonyl (C=O) groups excluding carboxylic acids is 1. The summed E-state index contributed by atoms with van der Waals surface area (Å²) < 4.78 is 13.6. The summed E-state index contributed by atoms with van der Waals surface area (Å²) in [6, 6.07) is 22.0. The van der Waals surface area contributed by atoms with E-state index in [2.05, 4.69) is 41.4 Å². The van der Waals surface area contributed by atoms with Crippen molar-refractivity contribution in [1.29, 1.82) is 0 Å². The topological polar surface area (TPSA) is 47.9 Å². The van der Waals surface area contributed by atoms with Crippen molar-refractivity contribution in [3.8, 4) is 0 Å². The lowest BCUT2D eigenvalue weighted by Gasteiger charge is -2.39. The van der Waals surface area contributed by atoms with Crippen LogP contribution < -0.4 is 5.32 Å². The quantitative estimate of drug-likeness (QED) is 0.504. The fourth-order valence-corrected chi connectivity index (χ4v) is 4.89. The number of aryl methyl sites for hydroxylation is 1. The molecule has 1 amide bonds. The van der Waals surface area contributed by atoms with Crippen LogP contribution >= 0.6 is 11.6 Å². The van der Waals surface area contributed by atoms with Crippen LogP contribution in [0.25, 0.3) is 0 Å². The summed E-state index contributed by atoms with van der Waals surface area (Å²) in [6.07, 6.45) is -0.121. The van der Waals surface area contributed by atoms with Gasteiger partial charge in [0.1, 0.15) is 23.9 Å². The zero-order valence-corrected chi connectivity index (χ0v) is 20.5. The first kappa shape index (κ1) is 23.4. The van der Waals surface area contributed by atoms with Crippen LogP contribution in [0.15, 0.2) is 77.8 Å². The number of piperazine rings is 1. The Kier molecular flexibility index (Phi) is 6.48. The predicted octanol–water partition coefficient (Wildman–Crippen LogP) is 5.63. The first-order valence-corrected chi connectivity index (χ1v) is 12.2. The molecule has 1 N–H and O–H groups in total. The standard InChI is InChI=1S/C28H28ClFN4O/c1-18-3-13-24(14-4-18)31-27-26(21-7-11-23(30)12-8-21)32-25-17-33(15-16-34(25)27)28(35)19(2)20-5-9-22(29)10-6-20/h3-14,19,26-27,31H,15-17H2,1-2H3. The summed E-state index contributed by atoms with van der Waals surface area (Å²) in [5.74, 6) is 0.401. The molecule has 0 saturated carbocycles. The molecule has 5 nitrogen and oxygen atoms in total. The first-order valence-electron chi connectivity index (χ1n) is 11.9. The molecule has 3 aromatic carbocycles. The Balaban J connectivity index is 1.38. The lowest BCUT2D eigenvalue weighted by atomic mass is 9.99. The Morgan fingerprint density at radius 2 is 1.71 bits per heavy atom. The summed E-state index contributed by atoms with van der Waals surface area (Å²) >= 11 is 6.01. The van der Waals surface area contributed by atoms with Crippen LogP contribution in [0.2, 0.25) is 5.02 Å². The minimum Gasteiger partial charge on any atom is -0.363 e. The van der Waals surface area contributed by atoms with Crippen molar-refractivity contribution < 1.29 is 9.18 Å². The largest absolute Gasteiger partial charge is 0.363 e. The van der Waals surface area contributed by atoms with Crippen molar-refractivity contribution in [2.75, 3.05) is 25.0 Å². The number of anilines is 1. The zero-order valence-electron chi connectivity index (χ0n) is 19.8. The smallest absolute Gasteiger partial charge is 0.230 e. The van der Waals surface area contributed by atoms with Gasteiger partial charge in [-0.2, -0.15) is 0 Å². The summed E-state index contributed by atoms with van der Waals surface area (Å²) in [6.45, 7) is 5.71. The molecular formula is C28H28ClFN4O. The number of fused-ring (bicyclic) bond motifs is 1. The molecule has 2 aliphatic rings. The summed E-state index contributed by atoms with van der Waals surface area (Å²) in [7, 11) is 0. The van der Waals surface area contributed by atoms with E-state index >= 15 is 0 Å². The van der Waals surface area contributed by atoms with Gasteiger partial charge in [-0.05, 0) is 61.4 Å². The predicted molar refractivity (Wildman–Crippen MR) is 138 cm³/mol. The van der Waals surface area contributed by atoms with Crippen molar-refractivity contribution in [3.63, 3.8) is 0 Å². The Hall–Kier alpha value is -3.38. The lowest BCUT2D eigenvalue weighted by molar-refractivity contribution is -0.132. The van der Waals surface area contributed by atoms with Gasteiger partial charge >= 0.3 is 0 Å². The number of hydrogen-bond donors (Lipinski definition) is 1. The molecule has 0 bridgehead atoms. The van der Waals surface area contributed by atoms with E-state index in [9.17, 15) is 9.18 Å². The maximum atomic E-state index is 13.6. The molecule has 180 valence electrons. The fourth-order valence-electron chi connectivity index (χ4n) is 4.76. The van der Waals surface area contributed by atoms with Crippen LogP contribution in [0.4, 0.5) is 10.1 Å². The summed E-state index contributed by atoms with van der Waals surface area (Å²) in [4.78, 5) is 22.5. The Labute approximate surface area is 210 Å². The molecule has 35 heavy (non-hydrogen) atoms. The van der Waals surface area contributed by atoms with Crippen LogP contribution in [0.5, 0.6) is 0 Å². The van der Waals surface area contributed by atoms with E-state index in [1.54, 1.807) is 12.1 Å². The number of hydrogen-bond acceptors (Lipinski definition) is 4. The summed E-state index contributed by atoms with van der Waals surface area (Å²) in [5, 5.41) is 4.28. The van der Waals surface area contributed by atoms with Crippen molar-refractivity contribution in [3.05, 3.63) is 100 Å². The third-order valence-electron chi connectivity index (χ3n) is 6.83. The van der Waals surface area contributed by atoms with Gasteiger partial charge in [0, 0.05) is 23.8 Å². The van der Waals surface area contributed by atoms with Gasteiger partial charge in [-0.15, -0.1) is 0 Å². The van der Waals surface area contributed by atoms with Crippen molar-refractivity contribution in [2.24, 2.45) is 4.99 Å². The molecule has 1 fully saturated rings. The van der Waals surface area contributed by atoms with Gasteiger partial charge in [-0.3, -0.25) is 9.79 Å². The van der Waals surface area contributed by atoms with Crippen LogP contribution in [0, 0.1) is 12.7 Å². The highest BCUT2D eigenvalue weighted by atomic mass is 35.5. The number of nitrogens with zero attached hydrogens (tertiary/aromatic N) is 3. The highest BCUT2D eigenvalue weighted by Crippen LogP contribution is 2.34. The van der Waals surface area contributed by atoms with Gasteiger partial charge in [0.2, 0.25) is 5.91 Å². The summed E-state index contributed by atoms with van der Waals surface area (Å²) in [5.41, 5.74) is 4.07. The number of aliphatic imine (C=N–C) groups is 1. The molecule has 5 rings (SSSR count). The van der Waals surface area contributed by atoms with Gasteiger partial charge < -0.3 is 15.1 Å². The molecule has 1 saturated heterocycles. The van der Waals surface area contributed by atoms with E-state index in [1.807, 2.05) is 36.1 Å². The number of benzene rings is 3. The number of nitrogens with one attached hydrogen (secondary N) is 1. The van der Waals surface area contributed by atoms with E-state index in [0.29, 0.717) is 24.7 Å². The lowest BCUT2D eigenvalue weighted by Crippen LogP contribution is -2.55. The molecule has 3 aromatic rings. The number of amides is 1. The minimum atomic E-state index is -0.270. The van der Waals surface area contributed by atoms with E-state index in [0.717, 1.165) is 22.6 Å². The molecule has 3 unspecified atom stereocenters. The number of halogens is 2. The van der Waals surface area contributed by atoms with Gasteiger partial charge in [0.15, 0.2) is 0 Å². The third-order valence-corrected chi connectivity index (χ3v) is 7.08. The maximum Gasteiger partial charge on any atom is 0.230 e. The maximum absolute atomic E-state index is 13.6. The van der Waals surface area contributed by atoms with Gasteiger partial charge in [0.25, 0.3) is 0 Å². The fraction of sp³-hybridized carbons (Fsp3) is 0.286. The number of carbonyl (C=O) groups is 1. The number of amidine groups is 1. The zero-order chi connectivity index (χ0) is 24.5. The normalized spacial score (nSPS) is 20.3. The van der Waals surface area contributed by atoms with E-state index < -0.39 is 0 Å². The molecule has 7 heteroatoms. The highest BCUT2D eigenvalue weighted by molar-refractivity contribution is 6.30. The van der Waals surface area contributed by atoms with Crippen molar-refractivity contribution >= 4 is 29.0 Å².